The molecule has 0 atom stereocenters. The Labute approximate surface area is 110 Å². The Balaban J connectivity index is 2.20. The first-order valence-corrected chi connectivity index (χ1v) is 6.42. The van der Waals surface area contributed by atoms with Crippen LogP contribution in [0.4, 0.5) is 11.4 Å². The van der Waals surface area contributed by atoms with E-state index in [9.17, 15) is 4.79 Å². The third-order valence-electron chi connectivity index (χ3n) is 2.72. The molecule has 18 heavy (non-hydrogen) atoms. The minimum Gasteiger partial charge on any atom is -0.399 e. The van der Waals surface area contributed by atoms with Gasteiger partial charge in [0.1, 0.15) is 0 Å². The molecule has 5 heteroatoms. The molecular weight excluding hydrogens is 246 g/mol. The molecule has 0 bridgehead atoms. The lowest BCUT2D eigenvalue weighted by atomic mass is 10.1. The fourth-order valence-corrected chi connectivity index (χ4v) is 2.53. The average molecular weight is 261 g/mol. The van der Waals surface area contributed by atoms with Gasteiger partial charge in [-0.25, -0.2) is 0 Å². The molecule has 5 N–H and O–H groups in total. The van der Waals surface area contributed by atoms with Gasteiger partial charge in [-0.1, -0.05) is 0 Å². The van der Waals surface area contributed by atoms with Crippen molar-refractivity contribution in [1.29, 1.82) is 0 Å². The number of hydrogen-bond acceptors (Lipinski definition) is 4. The summed E-state index contributed by atoms with van der Waals surface area (Å²) >= 11 is 1.68. The van der Waals surface area contributed by atoms with Crippen LogP contribution in [0.25, 0.3) is 0 Å². The summed E-state index contributed by atoms with van der Waals surface area (Å²) in [7, 11) is 0. The zero-order chi connectivity index (χ0) is 13.1. The number of benzene rings is 1. The van der Waals surface area contributed by atoms with Gasteiger partial charge < -0.3 is 16.8 Å². The van der Waals surface area contributed by atoms with Crippen molar-refractivity contribution in [2.75, 3.05) is 11.1 Å². The maximum Gasteiger partial charge on any atom is 0.250 e. The van der Waals surface area contributed by atoms with E-state index in [2.05, 4.69) is 18.3 Å². The van der Waals surface area contributed by atoms with E-state index >= 15 is 0 Å². The highest BCUT2D eigenvalue weighted by Crippen LogP contribution is 2.22. The van der Waals surface area contributed by atoms with Crippen molar-refractivity contribution in [1.82, 2.24) is 0 Å². The number of nitrogens with one attached hydrogen (secondary N) is 1. The number of hydrogen-bond donors (Lipinski definition) is 3. The summed E-state index contributed by atoms with van der Waals surface area (Å²) in [5, 5.41) is 5.25. The lowest BCUT2D eigenvalue weighted by Gasteiger charge is -2.10. The highest BCUT2D eigenvalue weighted by molar-refractivity contribution is 7.10. The Kier molecular flexibility index (Phi) is 3.53. The van der Waals surface area contributed by atoms with E-state index in [4.69, 9.17) is 11.5 Å². The SMILES string of the molecule is Cc1ccsc1CNc1cc(N)ccc1C(N)=O. The van der Waals surface area contributed by atoms with Crippen molar-refractivity contribution >= 4 is 28.6 Å². The summed E-state index contributed by atoms with van der Waals surface area (Å²) in [5.41, 5.74) is 14.0. The molecule has 2 rings (SSSR count). The quantitative estimate of drug-likeness (QED) is 0.739. The minimum absolute atomic E-state index is 0.457. The highest BCUT2D eigenvalue weighted by atomic mass is 32.1. The van der Waals surface area contributed by atoms with Crippen molar-refractivity contribution in [3.63, 3.8) is 0 Å². The second kappa shape index (κ2) is 5.10. The number of nitrogen functional groups attached to an aromatic ring is 1. The van der Waals surface area contributed by atoms with Crippen LogP contribution in [0, 0.1) is 6.92 Å². The Hall–Kier alpha value is -2.01. The molecule has 1 aromatic heterocycles. The molecule has 2 aromatic rings. The number of nitrogens with two attached hydrogens (primary N) is 2. The number of aryl methyl sites for hydroxylation is 1. The van der Waals surface area contributed by atoms with Crippen LogP contribution in [0.1, 0.15) is 20.8 Å². The summed E-state index contributed by atoms with van der Waals surface area (Å²) in [4.78, 5) is 12.5. The Morgan fingerprint density at radius 3 is 2.78 bits per heavy atom. The summed E-state index contributed by atoms with van der Waals surface area (Å²) in [6.45, 7) is 2.72. The maximum atomic E-state index is 11.3. The van der Waals surface area contributed by atoms with Gasteiger partial charge in [0, 0.05) is 22.8 Å². The number of primary amides is 1. The number of carbonyl (C=O) groups is 1. The Bertz CT molecular complexity index is 577. The number of amides is 1. The number of thiophene rings is 1. The van der Waals surface area contributed by atoms with Gasteiger partial charge in [0.15, 0.2) is 0 Å². The number of anilines is 2. The predicted molar refractivity (Wildman–Crippen MR) is 75.8 cm³/mol. The zero-order valence-corrected chi connectivity index (χ0v) is 10.9. The van der Waals surface area contributed by atoms with E-state index in [0.717, 1.165) is 0 Å². The lowest BCUT2D eigenvalue weighted by Crippen LogP contribution is -2.14. The molecule has 0 saturated heterocycles. The summed E-state index contributed by atoms with van der Waals surface area (Å²) in [6.07, 6.45) is 0. The van der Waals surface area contributed by atoms with Crippen molar-refractivity contribution < 1.29 is 4.79 Å². The van der Waals surface area contributed by atoms with Crippen molar-refractivity contribution in [2.24, 2.45) is 5.73 Å². The molecule has 0 unspecified atom stereocenters. The van der Waals surface area contributed by atoms with Crippen molar-refractivity contribution in [2.45, 2.75) is 13.5 Å². The zero-order valence-electron chi connectivity index (χ0n) is 10.1. The summed E-state index contributed by atoms with van der Waals surface area (Å²) in [6, 6.07) is 7.10. The molecule has 0 spiro atoms. The molecule has 0 saturated carbocycles. The Morgan fingerprint density at radius 1 is 1.39 bits per heavy atom. The summed E-state index contributed by atoms with van der Waals surface area (Å²) < 4.78 is 0. The van der Waals surface area contributed by atoms with Gasteiger partial charge in [0.25, 0.3) is 5.91 Å². The molecule has 0 aliphatic carbocycles. The summed E-state index contributed by atoms with van der Waals surface area (Å²) in [5.74, 6) is -0.458. The van der Waals surface area contributed by atoms with Gasteiger partial charge in [0.2, 0.25) is 0 Å². The number of carbonyl (C=O) groups excluding carboxylic acids is 1. The van der Waals surface area contributed by atoms with Crippen LogP contribution in [0.15, 0.2) is 29.6 Å². The second-order valence-electron chi connectivity index (χ2n) is 4.05. The Morgan fingerprint density at radius 2 is 2.17 bits per heavy atom. The third kappa shape index (κ3) is 2.62. The van der Waals surface area contributed by atoms with Crippen LogP contribution in [0.5, 0.6) is 0 Å². The molecule has 0 aliphatic heterocycles. The molecule has 4 nitrogen and oxygen atoms in total. The number of rotatable bonds is 4. The van der Waals surface area contributed by atoms with E-state index in [0.29, 0.717) is 23.5 Å². The van der Waals surface area contributed by atoms with Gasteiger partial charge in [-0.05, 0) is 42.1 Å². The van der Waals surface area contributed by atoms with E-state index in [1.165, 1.54) is 10.4 Å². The van der Waals surface area contributed by atoms with E-state index in [-0.39, 0.29) is 0 Å². The fourth-order valence-electron chi connectivity index (χ4n) is 1.68. The van der Waals surface area contributed by atoms with Crippen molar-refractivity contribution in [3.05, 3.63) is 45.6 Å². The van der Waals surface area contributed by atoms with Gasteiger partial charge in [-0.3, -0.25) is 4.79 Å². The smallest absolute Gasteiger partial charge is 0.250 e. The topological polar surface area (TPSA) is 81.1 Å². The molecule has 94 valence electrons. The molecule has 1 amide bonds. The molecule has 0 radical (unpaired) electrons. The molecule has 0 fully saturated rings. The third-order valence-corrected chi connectivity index (χ3v) is 3.74. The predicted octanol–water partition coefficient (Wildman–Crippen LogP) is 2.35. The largest absolute Gasteiger partial charge is 0.399 e. The van der Waals surface area contributed by atoms with Gasteiger partial charge in [-0.15, -0.1) is 11.3 Å². The van der Waals surface area contributed by atoms with E-state index < -0.39 is 5.91 Å². The lowest BCUT2D eigenvalue weighted by molar-refractivity contribution is 0.100. The molecular formula is C13H15N3OS. The van der Waals surface area contributed by atoms with Crippen LogP contribution in [-0.4, -0.2) is 5.91 Å². The first-order chi connectivity index (χ1) is 8.58. The maximum absolute atomic E-state index is 11.3. The van der Waals surface area contributed by atoms with Crippen LogP contribution >= 0.6 is 11.3 Å². The normalized spacial score (nSPS) is 10.3. The van der Waals surface area contributed by atoms with Crippen LogP contribution < -0.4 is 16.8 Å². The van der Waals surface area contributed by atoms with E-state index in [1.807, 2.05) is 5.38 Å². The minimum atomic E-state index is -0.458. The molecule has 1 aromatic carbocycles. The first-order valence-electron chi connectivity index (χ1n) is 5.54. The monoisotopic (exact) mass is 261 g/mol. The van der Waals surface area contributed by atoms with Crippen LogP contribution in [-0.2, 0) is 6.54 Å². The van der Waals surface area contributed by atoms with Gasteiger partial charge >= 0.3 is 0 Å². The van der Waals surface area contributed by atoms with Gasteiger partial charge in [0.05, 0.1) is 5.56 Å². The average Bonchev–Trinajstić information content (AvgIpc) is 2.72. The second-order valence-corrected chi connectivity index (χ2v) is 5.05. The standard InChI is InChI=1S/C13H15N3OS/c1-8-4-5-18-12(8)7-16-11-6-9(14)2-3-10(11)13(15)17/h2-6,16H,7,14H2,1H3,(H2,15,17). The fraction of sp³-hybridized carbons (Fsp3) is 0.154. The van der Waals surface area contributed by atoms with Crippen LogP contribution in [0.2, 0.25) is 0 Å². The highest BCUT2D eigenvalue weighted by Gasteiger charge is 2.09. The first kappa shape index (κ1) is 12.4. The molecule has 1 heterocycles. The molecule has 0 aliphatic rings. The van der Waals surface area contributed by atoms with Crippen molar-refractivity contribution in [3.8, 4) is 0 Å². The van der Waals surface area contributed by atoms with Gasteiger partial charge in [-0.2, -0.15) is 0 Å². The van der Waals surface area contributed by atoms with E-state index in [1.54, 1.807) is 29.5 Å². The van der Waals surface area contributed by atoms with Crippen LogP contribution in [0.3, 0.4) is 0 Å².